The van der Waals surface area contributed by atoms with Crippen LogP contribution in [0.5, 0.6) is 11.5 Å². The lowest BCUT2D eigenvalue weighted by atomic mass is 10.1. The van der Waals surface area contributed by atoms with Crippen LogP contribution in [0.1, 0.15) is 15.9 Å². The number of para-hydroxylation sites is 1. The number of nitrogens with zero attached hydrogens (tertiary/aromatic N) is 1. The van der Waals surface area contributed by atoms with Crippen molar-refractivity contribution in [1.29, 1.82) is 0 Å². The first-order valence-corrected chi connectivity index (χ1v) is 12.1. The first-order valence-electron chi connectivity index (χ1n) is 12.1. The number of aromatic nitrogens is 1. The Morgan fingerprint density at radius 1 is 0.976 bits per heavy atom. The molecule has 1 aromatic heterocycles. The summed E-state index contributed by atoms with van der Waals surface area (Å²) in [5.74, 6) is -2.75. The van der Waals surface area contributed by atoms with Crippen molar-refractivity contribution in [3.8, 4) is 11.5 Å². The number of nitrogens with one attached hydrogen (secondary N) is 3. The van der Waals surface area contributed by atoms with Gasteiger partial charge in [-0.15, -0.1) is 8.78 Å². The molecule has 0 fully saturated rings. The zero-order valence-electron chi connectivity index (χ0n) is 21.6. The molecule has 1 amide bonds. The number of hydrogen-bond acceptors (Lipinski definition) is 9. The van der Waals surface area contributed by atoms with Gasteiger partial charge in [-0.1, -0.05) is 12.1 Å². The number of anilines is 3. The van der Waals surface area contributed by atoms with E-state index in [4.69, 9.17) is 19.7 Å². The normalized spacial score (nSPS) is 13.0. The smallest absolute Gasteiger partial charge is 0.475 e. The van der Waals surface area contributed by atoms with Gasteiger partial charge in [0.15, 0.2) is 11.5 Å². The average molecular weight is 600 g/mol. The summed E-state index contributed by atoms with van der Waals surface area (Å²) >= 11 is 0. The van der Waals surface area contributed by atoms with Crippen molar-refractivity contribution in [3.63, 3.8) is 0 Å². The van der Waals surface area contributed by atoms with Crippen LogP contribution in [0.2, 0.25) is 0 Å². The van der Waals surface area contributed by atoms with E-state index in [9.17, 15) is 26.7 Å². The minimum absolute atomic E-state index is 0.0193. The fraction of sp³-hybridized carbons (Fsp3) is 0.269. The number of aliphatic hydroxyl groups is 1. The van der Waals surface area contributed by atoms with Crippen LogP contribution in [-0.2, 0) is 16.1 Å². The van der Waals surface area contributed by atoms with Crippen LogP contribution in [-0.4, -0.2) is 65.9 Å². The lowest BCUT2D eigenvalue weighted by Crippen LogP contribution is -2.25. The summed E-state index contributed by atoms with van der Waals surface area (Å²) in [6.45, 7) is 1.69. The second-order valence-corrected chi connectivity index (χ2v) is 8.30. The number of pyridine rings is 1. The number of halogens is 5. The third kappa shape index (κ3) is 9.74. The fourth-order valence-electron chi connectivity index (χ4n) is 3.36. The van der Waals surface area contributed by atoms with E-state index in [0.717, 1.165) is 5.56 Å². The Balaban J connectivity index is 0.000000616. The van der Waals surface area contributed by atoms with Gasteiger partial charge >= 0.3 is 18.4 Å². The average Bonchev–Trinajstić information content (AvgIpc) is 3.25. The van der Waals surface area contributed by atoms with Gasteiger partial charge in [0.2, 0.25) is 0 Å². The van der Waals surface area contributed by atoms with Gasteiger partial charge in [0.1, 0.15) is 5.82 Å². The van der Waals surface area contributed by atoms with Crippen molar-refractivity contribution in [3.05, 3.63) is 71.9 Å². The van der Waals surface area contributed by atoms with E-state index >= 15 is 0 Å². The predicted octanol–water partition coefficient (Wildman–Crippen LogP) is 4.32. The van der Waals surface area contributed by atoms with Crippen molar-refractivity contribution < 1.29 is 56.0 Å². The van der Waals surface area contributed by atoms with Gasteiger partial charge in [-0.2, -0.15) is 13.2 Å². The number of carbonyl (C=O) groups excluding carboxylic acids is 1. The summed E-state index contributed by atoms with van der Waals surface area (Å²) in [7, 11) is 0. The number of carboxylic acids is 1. The molecule has 11 nitrogen and oxygen atoms in total. The molecule has 1 aliphatic rings. The van der Waals surface area contributed by atoms with Crippen LogP contribution in [0.25, 0.3) is 0 Å². The van der Waals surface area contributed by atoms with Crippen molar-refractivity contribution in [2.24, 2.45) is 0 Å². The van der Waals surface area contributed by atoms with Crippen LogP contribution in [0.4, 0.5) is 39.1 Å². The predicted molar refractivity (Wildman–Crippen MR) is 139 cm³/mol. The molecule has 0 saturated heterocycles. The number of benzene rings is 2. The molecule has 0 saturated carbocycles. The Kier molecular flexibility index (Phi) is 10.8. The molecule has 226 valence electrons. The topological polar surface area (TPSA) is 151 Å². The molecule has 2 heterocycles. The SMILES string of the molecule is O=C(Nc1ccc2c(c1)OC(F)(F)O2)c1ccccc1NCc1ccnc(NCCOCCO)c1.O=C(O)C(F)(F)F. The maximum atomic E-state index is 13.2. The largest absolute Gasteiger partial charge is 0.586 e. The number of alkyl halides is 5. The fourth-order valence-corrected chi connectivity index (χ4v) is 3.36. The van der Waals surface area contributed by atoms with Crippen LogP contribution in [0.15, 0.2) is 60.8 Å². The molecule has 0 spiro atoms. The number of fused-ring (bicyclic) bond motifs is 1. The highest BCUT2D eigenvalue weighted by atomic mass is 19.4. The van der Waals surface area contributed by atoms with E-state index in [0.29, 0.717) is 36.8 Å². The molecule has 0 unspecified atom stereocenters. The van der Waals surface area contributed by atoms with Gasteiger partial charge in [-0.25, -0.2) is 9.78 Å². The number of carboxylic acid groups (broad SMARTS) is 1. The van der Waals surface area contributed by atoms with Gasteiger partial charge in [0.25, 0.3) is 5.91 Å². The van der Waals surface area contributed by atoms with Crippen molar-refractivity contribution >= 4 is 29.1 Å². The Morgan fingerprint density at radius 2 is 1.69 bits per heavy atom. The summed E-state index contributed by atoms with van der Waals surface area (Å²) in [6.07, 6.45) is -7.13. The monoisotopic (exact) mass is 600 g/mol. The first kappa shape index (κ1) is 31.8. The molecule has 0 radical (unpaired) electrons. The molecular formula is C26H25F5N4O7. The second kappa shape index (κ2) is 14.3. The van der Waals surface area contributed by atoms with E-state index in [1.54, 1.807) is 30.5 Å². The van der Waals surface area contributed by atoms with Gasteiger partial charge in [0.05, 0.1) is 25.4 Å². The molecule has 42 heavy (non-hydrogen) atoms. The van der Waals surface area contributed by atoms with Gasteiger partial charge in [-0.05, 0) is 42.0 Å². The zero-order valence-corrected chi connectivity index (χ0v) is 21.6. The minimum Gasteiger partial charge on any atom is -0.475 e. The number of hydrogen-bond donors (Lipinski definition) is 5. The molecule has 0 bridgehead atoms. The number of ether oxygens (including phenoxy) is 3. The molecule has 4 rings (SSSR count). The van der Waals surface area contributed by atoms with Gasteiger partial charge < -0.3 is 40.4 Å². The number of aliphatic carboxylic acids is 1. The second-order valence-electron chi connectivity index (χ2n) is 8.30. The summed E-state index contributed by atoms with van der Waals surface area (Å²) < 4.78 is 72.2. The Labute approximate surface area is 235 Å². The Hall–Kier alpha value is -4.70. The molecule has 0 aliphatic carbocycles. The van der Waals surface area contributed by atoms with E-state index in [1.807, 2.05) is 12.1 Å². The molecule has 3 aromatic rings. The summed E-state index contributed by atoms with van der Waals surface area (Å²) in [5.41, 5.74) is 2.20. The number of rotatable bonds is 11. The number of carbonyl (C=O) groups is 2. The Bertz CT molecular complexity index is 1370. The summed E-state index contributed by atoms with van der Waals surface area (Å²) in [5, 5.41) is 24.9. The number of aliphatic hydroxyl groups excluding tert-OH is 1. The van der Waals surface area contributed by atoms with Crippen molar-refractivity contribution in [1.82, 2.24) is 4.98 Å². The van der Waals surface area contributed by atoms with E-state index in [-0.39, 0.29) is 30.4 Å². The Morgan fingerprint density at radius 3 is 2.40 bits per heavy atom. The van der Waals surface area contributed by atoms with Gasteiger partial charge in [0, 0.05) is 36.7 Å². The van der Waals surface area contributed by atoms with Crippen LogP contribution >= 0.6 is 0 Å². The molecular weight excluding hydrogens is 575 g/mol. The van der Waals surface area contributed by atoms with Crippen LogP contribution in [0, 0.1) is 0 Å². The maximum Gasteiger partial charge on any atom is 0.586 e. The molecule has 5 N–H and O–H groups in total. The summed E-state index contributed by atoms with van der Waals surface area (Å²) in [4.78, 5) is 26.1. The molecule has 0 atom stereocenters. The van der Waals surface area contributed by atoms with Gasteiger partial charge in [-0.3, -0.25) is 4.79 Å². The van der Waals surface area contributed by atoms with E-state index in [2.05, 4.69) is 30.4 Å². The molecule has 1 aliphatic heterocycles. The highest BCUT2D eigenvalue weighted by Gasteiger charge is 2.43. The van der Waals surface area contributed by atoms with Crippen LogP contribution < -0.4 is 25.4 Å². The third-order valence-corrected chi connectivity index (χ3v) is 5.17. The number of amides is 1. The molecule has 2 aromatic carbocycles. The molecule has 16 heteroatoms. The van der Waals surface area contributed by atoms with E-state index < -0.39 is 24.3 Å². The first-order chi connectivity index (χ1) is 19.9. The highest BCUT2D eigenvalue weighted by Crippen LogP contribution is 2.42. The lowest BCUT2D eigenvalue weighted by molar-refractivity contribution is -0.286. The lowest BCUT2D eigenvalue weighted by Gasteiger charge is -2.13. The highest BCUT2D eigenvalue weighted by molar-refractivity contribution is 6.08. The standard InChI is InChI=1S/C24H24F2N4O5.C2HF3O2/c25-24(26)34-20-6-5-17(14-21(20)35-24)30-23(32)18-3-1-2-4-19(18)29-15-16-7-8-27-22(13-16)28-9-11-33-12-10-31;3-2(4,5)1(6)7/h1-8,13-14,29,31H,9-12,15H2,(H,27,28)(H,30,32);(H,6,7). The maximum absolute atomic E-state index is 13.2. The van der Waals surface area contributed by atoms with Crippen molar-refractivity contribution in [2.45, 2.75) is 19.0 Å². The van der Waals surface area contributed by atoms with Crippen molar-refractivity contribution in [2.75, 3.05) is 42.3 Å². The minimum atomic E-state index is -5.08. The summed E-state index contributed by atoms with van der Waals surface area (Å²) in [6, 6.07) is 14.7. The quantitative estimate of drug-likeness (QED) is 0.159. The van der Waals surface area contributed by atoms with Crippen LogP contribution in [0.3, 0.4) is 0 Å². The van der Waals surface area contributed by atoms with E-state index in [1.165, 1.54) is 18.2 Å². The zero-order chi connectivity index (χ0) is 30.8. The third-order valence-electron chi connectivity index (χ3n) is 5.17.